The molecule has 30 heavy (non-hydrogen) atoms. The molecule has 0 saturated heterocycles. The summed E-state index contributed by atoms with van der Waals surface area (Å²) in [7, 11) is 3.00. The van der Waals surface area contributed by atoms with Gasteiger partial charge in [-0.1, -0.05) is 25.5 Å². The Bertz CT molecular complexity index is 902. The number of hydrogen-bond donors (Lipinski definition) is 1. The normalized spacial score (nSPS) is 10.6. The molecular weight excluding hydrogens is 388 g/mol. The first-order valence-corrected chi connectivity index (χ1v) is 9.54. The van der Waals surface area contributed by atoms with Gasteiger partial charge in [-0.25, -0.2) is 4.79 Å². The molecule has 7 nitrogen and oxygen atoms in total. The highest BCUT2D eigenvalue weighted by Gasteiger charge is 2.11. The van der Waals surface area contributed by atoms with Crippen LogP contribution in [-0.2, 0) is 4.79 Å². The van der Waals surface area contributed by atoms with E-state index in [1.807, 2.05) is 12.1 Å². The van der Waals surface area contributed by atoms with Crippen molar-refractivity contribution < 1.29 is 33.6 Å². The molecule has 0 aliphatic rings. The highest BCUT2D eigenvalue weighted by Crippen LogP contribution is 2.30. The standard InChI is InChI=1S/C23H26O7/c1-4-5-12-29-22-13-16(7-10-19(22)27-2)6-9-18(24)17-8-11-20(21(14-17)28-3)30-15-23(25)26/h6-11,13-14H,4-5,12,15H2,1-3H3,(H,25,26)/b9-6+. The lowest BCUT2D eigenvalue weighted by atomic mass is 10.1. The molecule has 0 amide bonds. The van der Waals surface area contributed by atoms with Crippen LogP contribution < -0.4 is 18.9 Å². The summed E-state index contributed by atoms with van der Waals surface area (Å²) >= 11 is 0. The number of benzene rings is 2. The number of ether oxygens (including phenoxy) is 4. The van der Waals surface area contributed by atoms with E-state index in [9.17, 15) is 9.59 Å². The summed E-state index contributed by atoms with van der Waals surface area (Å²) in [5.41, 5.74) is 1.18. The SMILES string of the molecule is CCCCOc1cc(/C=C/C(=O)c2ccc(OCC(=O)O)c(OC)c2)ccc1OC. The van der Waals surface area contributed by atoms with Crippen molar-refractivity contribution >= 4 is 17.8 Å². The van der Waals surface area contributed by atoms with Crippen LogP contribution in [-0.4, -0.2) is 44.3 Å². The summed E-state index contributed by atoms with van der Waals surface area (Å²) in [6.07, 6.45) is 5.11. The molecule has 0 radical (unpaired) electrons. The molecule has 0 fully saturated rings. The zero-order valence-electron chi connectivity index (χ0n) is 17.3. The molecule has 0 spiro atoms. The minimum absolute atomic E-state index is 0.234. The Balaban J connectivity index is 2.14. The third-order valence-electron chi connectivity index (χ3n) is 4.17. The van der Waals surface area contributed by atoms with Crippen molar-refractivity contribution in [3.8, 4) is 23.0 Å². The van der Waals surface area contributed by atoms with Gasteiger partial charge in [-0.05, 0) is 48.4 Å². The third kappa shape index (κ3) is 6.55. The average Bonchev–Trinajstić information content (AvgIpc) is 2.76. The second kappa shape index (κ2) is 11.5. The molecule has 0 aromatic heterocycles. The van der Waals surface area contributed by atoms with Gasteiger partial charge in [0.1, 0.15) is 0 Å². The quantitative estimate of drug-likeness (QED) is 0.315. The Morgan fingerprint density at radius 3 is 2.33 bits per heavy atom. The van der Waals surface area contributed by atoms with E-state index in [1.54, 1.807) is 25.3 Å². The minimum atomic E-state index is -1.10. The average molecular weight is 414 g/mol. The van der Waals surface area contributed by atoms with Crippen molar-refractivity contribution in [3.05, 3.63) is 53.6 Å². The zero-order chi connectivity index (χ0) is 21.9. The molecule has 0 unspecified atom stereocenters. The van der Waals surface area contributed by atoms with Crippen molar-refractivity contribution in [1.82, 2.24) is 0 Å². The molecule has 0 aliphatic heterocycles. The summed E-state index contributed by atoms with van der Waals surface area (Å²) in [6.45, 7) is 2.18. The lowest BCUT2D eigenvalue weighted by molar-refractivity contribution is -0.139. The van der Waals surface area contributed by atoms with E-state index in [4.69, 9.17) is 24.1 Å². The van der Waals surface area contributed by atoms with E-state index < -0.39 is 12.6 Å². The Kier molecular flexibility index (Phi) is 8.75. The van der Waals surface area contributed by atoms with Crippen LogP contribution in [0.5, 0.6) is 23.0 Å². The number of aliphatic carboxylic acids is 1. The first kappa shape index (κ1) is 22.8. The maximum Gasteiger partial charge on any atom is 0.341 e. The highest BCUT2D eigenvalue weighted by atomic mass is 16.5. The monoisotopic (exact) mass is 414 g/mol. The van der Waals surface area contributed by atoms with Gasteiger partial charge in [-0.2, -0.15) is 0 Å². The molecule has 0 saturated carbocycles. The van der Waals surface area contributed by atoms with E-state index in [0.29, 0.717) is 23.7 Å². The summed E-state index contributed by atoms with van der Waals surface area (Å²) in [5, 5.41) is 8.73. The van der Waals surface area contributed by atoms with E-state index >= 15 is 0 Å². The van der Waals surface area contributed by atoms with E-state index in [0.717, 1.165) is 18.4 Å². The lowest BCUT2D eigenvalue weighted by Crippen LogP contribution is -2.10. The molecule has 0 heterocycles. The fraction of sp³-hybridized carbons (Fsp3) is 0.304. The van der Waals surface area contributed by atoms with Gasteiger partial charge in [0.05, 0.1) is 20.8 Å². The molecular formula is C23H26O7. The lowest BCUT2D eigenvalue weighted by Gasteiger charge is -2.11. The van der Waals surface area contributed by atoms with Crippen LogP contribution in [0.15, 0.2) is 42.5 Å². The van der Waals surface area contributed by atoms with E-state index in [1.165, 1.54) is 25.3 Å². The molecule has 2 aromatic rings. The number of carboxylic acid groups (broad SMARTS) is 1. The van der Waals surface area contributed by atoms with Gasteiger partial charge in [0.25, 0.3) is 0 Å². The van der Waals surface area contributed by atoms with Crippen LogP contribution in [0.2, 0.25) is 0 Å². The molecule has 2 rings (SSSR count). The number of methoxy groups -OCH3 is 2. The molecule has 0 aliphatic carbocycles. The van der Waals surface area contributed by atoms with Crippen molar-refractivity contribution in [3.63, 3.8) is 0 Å². The van der Waals surface area contributed by atoms with Crippen LogP contribution in [0.3, 0.4) is 0 Å². The predicted molar refractivity (Wildman–Crippen MR) is 113 cm³/mol. The van der Waals surface area contributed by atoms with Crippen LogP contribution in [0.25, 0.3) is 6.08 Å². The van der Waals surface area contributed by atoms with E-state index in [-0.39, 0.29) is 17.3 Å². The summed E-state index contributed by atoms with van der Waals surface area (Å²) < 4.78 is 21.4. The summed E-state index contributed by atoms with van der Waals surface area (Å²) in [4.78, 5) is 23.2. The second-order valence-electron chi connectivity index (χ2n) is 6.36. The van der Waals surface area contributed by atoms with Crippen LogP contribution in [0.4, 0.5) is 0 Å². The molecule has 1 N–H and O–H groups in total. The molecule has 0 bridgehead atoms. The van der Waals surface area contributed by atoms with Gasteiger partial charge in [0, 0.05) is 5.56 Å². The van der Waals surface area contributed by atoms with Crippen LogP contribution >= 0.6 is 0 Å². The molecule has 7 heteroatoms. The number of hydrogen-bond acceptors (Lipinski definition) is 6. The third-order valence-corrected chi connectivity index (χ3v) is 4.17. The Morgan fingerprint density at radius 2 is 1.67 bits per heavy atom. The van der Waals surface area contributed by atoms with Crippen LogP contribution in [0.1, 0.15) is 35.7 Å². The van der Waals surface area contributed by atoms with Gasteiger partial charge in [0.15, 0.2) is 35.4 Å². The fourth-order valence-electron chi connectivity index (χ4n) is 2.58. The summed E-state index contributed by atoms with van der Waals surface area (Å²) in [5.74, 6) is 0.467. The highest BCUT2D eigenvalue weighted by molar-refractivity contribution is 6.07. The van der Waals surface area contributed by atoms with Gasteiger partial charge in [-0.15, -0.1) is 0 Å². The number of carbonyl (C=O) groups excluding carboxylic acids is 1. The van der Waals surface area contributed by atoms with Gasteiger partial charge in [0.2, 0.25) is 0 Å². The number of rotatable bonds is 12. The number of carbonyl (C=O) groups is 2. The number of allylic oxidation sites excluding steroid dienone is 1. The van der Waals surface area contributed by atoms with E-state index in [2.05, 4.69) is 6.92 Å². The molecule has 0 atom stereocenters. The maximum atomic E-state index is 12.5. The topological polar surface area (TPSA) is 91.3 Å². The van der Waals surface area contributed by atoms with Crippen molar-refractivity contribution in [2.24, 2.45) is 0 Å². The second-order valence-corrected chi connectivity index (χ2v) is 6.36. The van der Waals surface area contributed by atoms with Gasteiger partial charge < -0.3 is 24.1 Å². The number of ketones is 1. The number of unbranched alkanes of at least 4 members (excludes halogenated alkanes) is 1. The number of carboxylic acids is 1. The first-order valence-electron chi connectivity index (χ1n) is 9.54. The van der Waals surface area contributed by atoms with Crippen molar-refractivity contribution in [2.75, 3.05) is 27.4 Å². The fourth-order valence-corrected chi connectivity index (χ4v) is 2.58. The Morgan fingerprint density at radius 1 is 0.933 bits per heavy atom. The van der Waals surface area contributed by atoms with Crippen molar-refractivity contribution in [2.45, 2.75) is 19.8 Å². The summed E-state index contributed by atoms with van der Waals surface area (Å²) in [6, 6.07) is 10.0. The zero-order valence-corrected chi connectivity index (χ0v) is 17.3. The Labute approximate surface area is 175 Å². The smallest absolute Gasteiger partial charge is 0.341 e. The molecule has 160 valence electrons. The minimum Gasteiger partial charge on any atom is -0.493 e. The Hall–Kier alpha value is -3.48. The largest absolute Gasteiger partial charge is 0.493 e. The van der Waals surface area contributed by atoms with Gasteiger partial charge in [-0.3, -0.25) is 4.79 Å². The predicted octanol–water partition coefficient (Wildman–Crippen LogP) is 4.24. The van der Waals surface area contributed by atoms with Crippen LogP contribution in [0, 0.1) is 0 Å². The van der Waals surface area contributed by atoms with Gasteiger partial charge >= 0.3 is 5.97 Å². The maximum absolute atomic E-state index is 12.5. The molecule has 2 aromatic carbocycles. The van der Waals surface area contributed by atoms with Crippen molar-refractivity contribution in [1.29, 1.82) is 0 Å². The first-order chi connectivity index (χ1) is 14.5.